The third-order valence-corrected chi connectivity index (χ3v) is 5.05. The first-order valence-electron chi connectivity index (χ1n) is 4.89. The number of thiophene rings is 1. The Hall–Kier alpha value is -0.280. The van der Waals surface area contributed by atoms with Gasteiger partial charge in [0, 0.05) is 6.42 Å². The van der Waals surface area contributed by atoms with E-state index in [2.05, 4.69) is 12.3 Å². The summed E-state index contributed by atoms with van der Waals surface area (Å²) in [4.78, 5) is 12.0. The summed E-state index contributed by atoms with van der Waals surface area (Å²) in [6, 6.07) is 2.05. The van der Waals surface area contributed by atoms with Crippen molar-refractivity contribution in [1.82, 2.24) is 0 Å². The quantitative estimate of drug-likeness (QED) is 0.787. The molecule has 0 saturated carbocycles. The summed E-state index contributed by atoms with van der Waals surface area (Å²) in [6.07, 6.45) is 2.87. The zero-order chi connectivity index (χ0) is 10.0. The van der Waals surface area contributed by atoms with Crippen LogP contribution in [0.25, 0.3) is 0 Å². The maximum atomic E-state index is 12.0. The average molecular weight is 226 g/mol. The van der Waals surface area contributed by atoms with E-state index in [0.29, 0.717) is 12.2 Å². The van der Waals surface area contributed by atoms with E-state index in [0.717, 1.165) is 12.2 Å². The van der Waals surface area contributed by atoms with Crippen LogP contribution in [0.1, 0.15) is 25.3 Å². The van der Waals surface area contributed by atoms with Gasteiger partial charge in [0.15, 0.2) is 5.78 Å². The first-order chi connectivity index (χ1) is 6.71. The Morgan fingerprint density at radius 1 is 1.64 bits per heavy atom. The Balaban J connectivity index is 2.02. The van der Waals surface area contributed by atoms with Crippen LogP contribution in [0.2, 0.25) is 0 Å². The van der Waals surface area contributed by atoms with Crippen LogP contribution in [0.3, 0.4) is 0 Å². The predicted molar refractivity (Wildman–Crippen MR) is 63.1 cm³/mol. The van der Waals surface area contributed by atoms with E-state index in [1.54, 1.807) is 11.3 Å². The molecule has 0 bridgehead atoms. The van der Waals surface area contributed by atoms with Gasteiger partial charge in [-0.05, 0) is 47.9 Å². The van der Waals surface area contributed by atoms with Gasteiger partial charge in [-0.15, -0.1) is 11.8 Å². The van der Waals surface area contributed by atoms with Crippen molar-refractivity contribution in [2.45, 2.75) is 30.9 Å². The second-order valence-electron chi connectivity index (χ2n) is 3.91. The van der Waals surface area contributed by atoms with Crippen LogP contribution >= 0.6 is 23.1 Å². The second-order valence-corrected chi connectivity index (χ2v) is 6.29. The van der Waals surface area contributed by atoms with Crippen LogP contribution in [-0.2, 0) is 11.2 Å². The van der Waals surface area contributed by atoms with Gasteiger partial charge in [0.1, 0.15) is 0 Å². The minimum Gasteiger partial charge on any atom is -0.298 e. The highest BCUT2D eigenvalue weighted by atomic mass is 32.2. The molecule has 1 aliphatic heterocycles. The summed E-state index contributed by atoms with van der Waals surface area (Å²) in [7, 11) is 0. The molecule has 0 radical (unpaired) electrons. The number of carbonyl (C=O) groups is 1. The van der Waals surface area contributed by atoms with Crippen molar-refractivity contribution in [2.75, 3.05) is 5.75 Å². The van der Waals surface area contributed by atoms with E-state index in [9.17, 15) is 4.79 Å². The van der Waals surface area contributed by atoms with Crippen LogP contribution < -0.4 is 0 Å². The van der Waals surface area contributed by atoms with Crippen molar-refractivity contribution in [3.8, 4) is 0 Å². The zero-order valence-electron chi connectivity index (χ0n) is 8.29. The molecule has 0 amide bonds. The number of thioether (sulfide) groups is 1. The topological polar surface area (TPSA) is 17.1 Å². The molecule has 76 valence electrons. The number of carbonyl (C=O) groups excluding carboxylic acids is 1. The molecule has 14 heavy (non-hydrogen) atoms. The molecule has 1 aromatic rings. The van der Waals surface area contributed by atoms with Gasteiger partial charge in [0.2, 0.25) is 0 Å². The van der Waals surface area contributed by atoms with E-state index in [1.807, 2.05) is 23.2 Å². The van der Waals surface area contributed by atoms with E-state index in [-0.39, 0.29) is 4.75 Å². The van der Waals surface area contributed by atoms with Crippen molar-refractivity contribution in [1.29, 1.82) is 0 Å². The molecule has 1 aliphatic rings. The van der Waals surface area contributed by atoms with Gasteiger partial charge in [-0.3, -0.25) is 4.79 Å². The van der Waals surface area contributed by atoms with Gasteiger partial charge < -0.3 is 0 Å². The van der Waals surface area contributed by atoms with Gasteiger partial charge in [0.25, 0.3) is 0 Å². The van der Waals surface area contributed by atoms with E-state index < -0.39 is 0 Å². The maximum Gasteiger partial charge on any atom is 0.152 e. The van der Waals surface area contributed by atoms with Crippen molar-refractivity contribution in [3.05, 3.63) is 22.4 Å². The van der Waals surface area contributed by atoms with Crippen molar-refractivity contribution < 1.29 is 4.79 Å². The molecule has 0 aromatic carbocycles. The third kappa shape index (κ3) is 2.04. The Labute approximate surface area is 92.9 Å². The first kappa shape index (κ1) is 10.2. The normalized spacial score (nSPS) is 26.6. The lowest BCUT2D eigenvalue weighted by Gasteiger charge is -2.20. The number of rotatable bonds is 3. The Kier molecular flexibility index (Phi) is 2.98. The summed E-state index contributed by atoms with van der Waals surface area (Å²) in [5, 5.41) is 4.10. The van der Waals surface area contributed by atoms with Crippen molar-refractivity contribution in [2.24, 2.45) is 0 Å². The Bertz CT molecular complexity index is 310. The minimum atomic E-state index is -0.0953. The summed E-state index contributed by atoms with van der Waals surface area (Å²) < 4.78 is -0.0953. The zero-order valence-corrected chi connectivity index (χ0v) is 9.92. The summed E-state index contributed by atoms with van der Waals surface area (Å²) >= 11 is 3.49. The molecule has 3 heteroatoms. The smallest absolute Gasteiger partial charge is 0.152 e. The van der Waals surface area contributed by atoms with Crippen molar-refractivity contribution >= 4 is 28.9 Å². The van der Waals surface area contributed by atoms with Crippen LogP contribution in [0.5, 0.6) is 0 Å². The lowest BCUT2D eigenvalue weighted by atomic mass is 9.96. The molecule has 1 unspecified atom stereocenters. The summed E-state index contributed by atoms with van der Waals surface area (Å²) in [5.41, 5.74) is 1.17. The van der Waals surface area contributed by atoms with Crippen LogP contribution in [-0.4, -0.2) is 16.3 Å². The lowest BCUT2D eigenvalue weighted by molar-refractivity contribution is -0.120. The van der Waals surface area contributed by atoms with E-state index in [1.165, 1.54) is 12.0 Å². The van der Waals surface area contributed by atoms with Crippen molar-refractivity contribution in [3.63, 3.8) is 0 Å². The maximum absolute atomic E-state index is 12.0. The SMILES string of the molecule is CC1(C(=O)Cc2ccsc2)CCCS1. The molecular formula is C11H14OS2. The van der Waals surface area contributed by atoms with Gasteiger partial charge in [-0.2, -0.15) is 11.3 Å². The molecule has 1 atom stereocenters. The number of hydrogen-bond acceptors (Lipinski definition) is 3. The van der Waals surface area contributed by atoms with Crippen LogP contribution in [0.15, 0.2) is 16.8 Å². The molecule has 2 rings (SSSR count). The fourth-order valence-electron chi connectivity index (χ4n) is 1.76. The highest BCUT2D eigenvalue weighted by molar-refractivity contribution is 8.01. The predicted octanol–water partition coefficient (Wildman–Crippen LogP) is 3.15. The van der Waals surface area contributed by atoms with Gasteiger partial charge in [-0.25, -0.2) is 0 Å². The number of ketones is 1. The molecule has 0 aliphatic carbocycles. The summed E-state index contributed by atoms with van der Waals surface area (Å²) in [6.45, 7) is 2.10. The number of hydrogen-bond donors (Lipinski definition) is 0. The standard InChI is InChI=1S/C11H14OS2/c1-11(4-2-5-14-11)10(12)7-9-3-6-13-8-9/h3,6,8H,2,4-5,7H2,1H3. The molecule has 0 N–H and O–H groups in total. The molecule has 1 aromatic heterocycles. The molecular weight excluding hydrogens is 212 g/mol. The molecule has 0 spiro atoms. The largest absolute Gasteiger partial charge is 0.298 e. The molecule has 2 heterocycles. The highest BCUT2D eigenvalue weighted by Crippen LogP contribution is 2.39. The van der Waals surface area contributed by atoms with Gasteiger partial charge >= 0.3 is 0 Å². The van der Waals surface area contributed by atoms with E-state index >= 15 is 0 Å². The first-order valence-corrected chi connectivity index (χ1v) is 6.82. The van der Waals surface area contributed by atoms with Gasteiger partial charge in [0.05, 0.1) is 4.75 Å². The monoisotopic (exact) mass is 226 g/mol. The Morgan fingerprint density at radius 2 is 2.50 bits per heavy atom. The average Bonchev–Trinajstić information content (AvgIpc) is 2.76. The fourth-order valence-corrected chi connectivity index (χ4v) is 3.69. The van der Waals surface area contributed by atoms with E-state index in [4.69, 9.17) is 0 Å². The highest BCUT2D eigenvalue weighted by Gasteiger charge is 2.36. The molecule has 1 fully saturated rings. The second kappa shape index (κ2) is 4.07. The Morgan fingerprint density at radius 3 is 3.07 bits per heavy atom. The minimum absolute atomic E-state index is 0.0953. The number of Topliss-reactive ketones (excluding diaryl/α,β-unsaturated/α-hetero) is 1. The van der Waals surface area contributed by atoms with Gasteiger partial charge in [-0.1, -0.05) is 0 Å². The fraction of sp³-hybridized carbons (Fsp3) is 0.545. The molecule has 1 saturated heterocycles. The third-order valence-electron chi connectivity index (χ3n) is 2.75. The summed E-state index contributed by atoms with van der Waals surface area (Å²) in [5.74, 6) is 1.55. The van der Waals surface area contributed by atoms with Crippen LogP contribution in [0.4, 0.5) is 0 Å². The lowest BCUT2D eigenvalue weighted by Crippen LogP contribution is -2.30. The molecule has 1 nitrogen and oxygen atoms in total. The van der Waals surface area contributed by atoms with Crippen LogP contribution in [0, 0.1) is 0 Å².